The van der Waals surface area contributed by atoms with E-state index < -0.39 is 0 Å². The van der Waals surface area contributed by atoms with Gasteiger partial charge >= 0.3 is 0 Å². The van der Waals surface area contributed by atoms with Gasteiger partial charge in [0.05, 0.1) is 0 Å². The first kappa shape index (κ1) is 16.3. The Morgan fingerprint density at radius 1 is 1.38 bits per heavy atom. The van der Waals surface area contributed by atoms with Crippen molar-refractivity contribution in [3.8, 4) is 0 Å². The normalized spacial score (nSPS) is 20.9. The van der Waals surface area contributed by atoms with E-state index in [1.807, 2.05) is 13.0 Å². The Bertz CT molecular complexity index is 479. The van der Waals surface area contributed by atoms with Gasteiger partial charge in [-0.1, -0.05) is 33.8 Å². The highest BCUT2D eigenvalue weighted by Gasteiger charge is 2.33. The molecule has 1 saturated heterocycles. The molecular weight excluding hydrogens is 263 g/mol. The van der Waals surface area contributed by atoms with Crippen LogP contribution in [0.25, 0.3) is 0 Å². The number of nitrogens with one attached hydrogen (secondary N) is 1. The largest absolute Gasteiger partial charge is 0.371 e. The van der Waals surface area contributed by atoms with Gasteiger partial charge in [-0.05, 0) is 43.4 Å². The minimum Gasteiger partial charge on any atom is -0.371 e. The number of hydrogen-bond acceptors (Lipinski definition) is 2. The lowest BCUT2D eigenvalue weighted by Crippen LogP contribution is -2.28. The SMILES string of the molecule is CCNC(C)c1c(F)cccc1N1CCC(C(C)(C)C)C1. The Kier molecular flexibility index (Phi) is 4.92. The molecule has 3 heteroatoms. The first-order valence-electron chi connectivity index (χ1n) is 8.11. The van der Waals surface area contributed by atoms with Crippen LogP contribution in [0.1, 0.15) is 52.6 Å². The second kappa shape index (κ2) is 6.35. The standard InChI is InChI=1S/C18H29FN2/c1-6-20-13(2)17-15(19)8-7-9-16(17)21-11-10-14(12-21)18(3,4)5/h7-9,13-14,20H,6,10-12H2,1-5H3. The summed E-state index contributed by atoms with van der Waals surface area (Å²) in [6, 6.07) is 5.51. The van der Waals surface area contributed by atoms with Crippen LogP contribution in [0, 0.1) is 17.2 Å². The van der Waals surface area contributed by atoms with Gasteiger partial charge in [-0.25, -0.2) is 4.39 Å². The maximum Gasteiger partial charge on any atom is 0.130 e. The van der Waals surface area contributed by atoms with Gasteiger partial charge in [-0.15, -0.1) is 0 Å². The predicted octanol–water partition coefficient (Wildman–Crippen LogP) is 4.37. The first-order chi connectivity index (χ1) is 9.84. The molecule has 2 nitrogen and oxygen atoms in total. The quantitative estimate of drug-likeness (QED) is 0.886. The summed E-state index contributed by atoms with van der Waals surface area (Å²) in [4.78, 5) is 2.36. The molecule has 0 spiro atoms. The Balaban J connectivity index is 2.27. The lowest BCUT2D eigenvalue weighted by atomic mass is 9.80. The van der Waals surface area contributed by atoms with Crippen molar-refractivity contribution >= 4 is 5.69 Å². The van der Waals surface area contributed by atoms with Gasteiger partial charge < -0.3 is 10.2 Å². The molecule has 1 fully saturated rings. The van der Waals surface area contributed by atoms with Gasteiger partial charge in [0.15, 0.2) is 0 Å². The summed E-state index contributed by atoms with van der Waals surface area (Å²) in [5, 5.41) is 3.34. The number of halogens is 1. The zero-order valence-electron chi connectivity index (χ0n) is 14.0. The third kappa shape index (κ3) is 3.57. The molecule has 1 aliphatic heterocycles. The number of anilines is 1. The van der Waals surface area contributed by atoms with Crippen molar-refractivity contribution in [3.63, 3.8) is 0 Å². The Morgan fingerprint density at radius 3 is 2.67 bits per heavy atom. The van der Waals surface area contributed by atoms with Crippen LogP contribution in [0.15, 0.2) is 18.2 Å². The van der Waals surface area contributed by atoms with Crippen molar-refractivity contribution in [2.45, 2.75) is 47.1 Å². The number of rotatable bonds is 4. The molecule has 118 valence electrons. The molecule has 1 aromatic rings. The molecule has 0 bridgehead atoms. The zero-order chi connectivity index (χ0) is 15.6. The minimum atomic E-state index is -0.0971. The van der Waals surface area contributed by atoms with Crippen molar-refractivity contribution in [2.24, 2.45) is 11.3 Å². The summed E-state index contributed by atoms with van der Waals surface area (Å²) < 4.78 is 14.3. The molecular formula is C18H29FN2. The first-order valence-corrected chi connectivity index (χ1v) is 8.11. The number of nitrogens with zero attached hydrogens (tertiary/aromatic N) is 1. The topological polar surface area (TPSA) is 15.3 Å². The van der Waals surface area contributed by atoms with E-state index in [4.69, 9.17) is 0 Å². The highest BCUT2D eigenvalue weighted by molar-refractivity contribution is 5.56. The van der Waals surface area contributed by atoms with E-state index >= 15 is 0 Å². The third-order valence-corrected chi connectivity index (χ3v) is 4.73. The summed E-state index contributed by atoms with van der Waals surface area (Å²) in [6.45, 7) is 13.9. The van der Waals surface area contributed by atoms with Crippen LogP contribution in [0.3, 0.4) is 0 Å². The lowest BCUT2D eigenvalue weighted by Gasteiger charge is -2.29. The fourth-order valence-electron chi connectivity index (χ4n) is 3.32. The minimum absolute atomic E-state index is 0.0416. The van der Waals surface area contributed by atoms with Crippen LogP contribution in [0.5, 0.6) is 0 Å². The Labute approximate surface area is 128 Å². The number of hydrogen-bond donors (Lipinski definition) is 1. The van der Waals surface area contributed by atoms with Crippen LogP contribution in [0.4, 0.5) is 10.1 Å². The van der Waals surface area contributed by atoms with Crippen LogP contribution >= 0.6 is 0 Å². The smallest absolute Gasteiger partial charge is 0.130 e. The Hall–Kier alpha value is -1.09. The van der Waals surface area contributed by atoms with Crippen LogP contribution in [-0.4, -0.2) is 19.6 Å². The third-order valence-electron chi connectivity index (χ3n) is 4.73. The molecule has 1 heterocycles. The molecule has 21 heavy (non-hydrogen) atoms. The highest BCUT2D eigenvalue weighted by atomic mass is 19.1. The van der Waals surface area contributed by atoms with Gasteiger partial charge in [0.1, 0.15) is 5.82 Å². The molecule has 2 rings (SSSR count). The molecule has 1 aromatic carbocycles. The van der Waals surface area contributed by atoms with Gasteiger partial charge in [-0.2, -0.15) is 0 Å². The molecule has 0 aliphatic carbocycles. The number of benzene rings is 1. The van der Waals surface area contributed by atoms with E-state index in [1.54, 1.807) is 6.07 Å². The van der Waals surface area contributed by atoms with Crippen LogP contribution in [0.2, 0.25) is 0 Å². The van der Waals surface area contributed by atoms with Crippen molar-refractivity contribution in [2.75, 3.05) is 24.5 Å². The monoisotopic (exact) mass is 292 g/mol. The maximum absolute atomic E-state index is 14.3. The summed E-state index contributed by atoms with van der Waals surface area (Å²) in [6.07, 6.45) is 1.19. The highest BCUT2D eigenvalue weighted by Crippen LogP contribution is 2.38. The van der Waals surface area contributed by atoms with Gasteiger partial charge in [0.25, 0.3) is 0 Å². The lowest BCUT2D eigenvalue weighted by molar-refractivity contribution is 0.263. The second-order valence-electron chi connectivity index (χ2n) is 7.25. The van der Waals surface area contributed by atoms with E-state index in [9.17, 15) is 4.39 Å². The van der Waals surface area contributed by atoms with Gasteiger partial charge in [-0.3, -0.25) is 0 Å². The van der Waals surface area contributed by atoms with Crippen molar-refractivity contribution in [1.82, 2.24) is 5.32 Å². The van der Waals surface area contributed by atoms with Crippen LogP contribution in [-0.2, 0) is 0 Å². The molecule has 1 N–H and O–H groups in total. The van der Waals surface area contributed by atoms with E-state index in [2.05, 4.69) is 44.0 Å². The van der Waals surface area contributed by atoms with Crippen molar-refractivity contribution < 1.29 is 4.39 Å². The second-order valence-corrected chi connectivity index (χ2v) is 7.25. The maximum atomic E-state index is 14.3. The molecule has 0 radical (unpaired) electrons. The molecule has 0 aromatic heterocycles. The summed E-state index contributed by atoms with van der Waals surface area (Å²) in [5.74, 6) is 0.572. The molecule has 0 saturated carbocycles. The summed E-state index contributed by atoms with van der Waals surface area (Å²) in [5.41, 5.74) is 2.19. The zero-order valence-corrected chi connectivity index (χ0v) is 14.0. The molecule has 0 amide bonds. The average molecular weight is 292 g/mol. The van der Waals surface area contributed by atoms with Gasteiger partial charge in [0.2, 0.25) is 0 Å². The van der Waals surface area contributed by atoms with Crippen molar-refractivity contribution in [1.29, 1.82) is 0 Å². The molecule has 2 unspecified atom stereocenters. The summed E-state index contributed by atoms with van der Waals surface area (Å²) >= 11 is 0. The predicted molar refractivity (Wildman–Crippen MR) is 88.3 cm³/mol. The average Bonchev–Trinajstić information content (AvgIpc) is 2.87. The molecule has 2 atom stereocenters. The Morgan fingerprint density at radius 2 is 2.10 bits per heavy atom. The van der Waals surface area contributed by atoms with Crippen molar-refractivity contribution in [3.05, 3.63) is 29.6 Å². The summed E-state index contributed by atoms with van der Waals surface area (Å²) in [7, 11) is 0. The van der Waals surface area contributed by atoms with E-state index in [-0.39, 0.29) is 11.9 Å². The van der Waals surface area contributed by atoms with Crippen LogP contribution < -0.4 is 10.2 Å². The molecule has 1 aliphatic rings. The fourth-order valence-corrected chi connectivity index (χ4v) is 3.32. The van der Waals surface area contributed by atoms with E-state index in [0.29, 0.717) is 11.3 Å². The van der Waals surface area contributed by atoms with E-state index in [1.165, 1.54) is 6.42 Å². The van der Waals surface area contributed by atoms with E-state index in [0.717, 1.165) is 30.9 Å². The fraction of sp³-hybridized carbons (Fsp3) is 0.667. The van der Waals surface area contributed by atoms with Gasteiger partial charge in [0, 0.05) is 30.4 Å².